The minimum absolute atomic E-state index is 0.245. The van der Waals surface area contributed by atoms with E-state index in [4.69, 9.17) is 0 Å². The lowest BCUT2D eigenvalue weighted by Gasteiger charge is -2.22. The molecule has 0 atom stereocenters. The summed E-state index contributed by atoms with van der Waals surface area (Å²) in [5.41, 5.74) is 5.38. The summed E-state index contributed by atoms with van der Waals surface area (Å²) >= 11 is 0. The second kappa shape index (κ2) is 10.4. The van der Waals surface area contributed by atoms with Gasteiger partial charge in [-0.3, -0.25) is 4.79 Å². The van der Waals surface area contributed by atoms with Crippen molar-refractivity contribution in [3.63, 3.8) is 0 Å². The number of benzene rings is 3. The summed E-state index contributed by atoms with van der Waals surface area (Å²) in [5.74, 6) is -0.561. The highest BCUT2D eigenvalue weighted by molar-refractivity contribution is 6.04. The number of nitrogens with one attached hydrogen (secondary N) is 3. The molecule has 34 heavy (non-hydrogen) atoms. The van der Waals surface area contributed by atoms with Gasteiger partial charge in [-0.2, -0.15) is 0 Å². The largest absolute Gasteiger partial charge is 0.371 e. The Hall–Kier alpha value is -3.87. The molecule has 0 saturated carbocycles. The number of nitrogens with zero attached hydrogens (tertiary/aromatic N) is 1. The van der Waals surface area contributed by atoms with Crippen molar-refractivity contribution in [1.29, 1.82) is 0 Å². The van der Waals surface area contributed by atoms with E-state index in [-0.39, 0.29) is 24.3 Å². The summed E-state index contributed by atoms with van der Waals surface area (Å²) in [4.78, 5) is 28.0. The van der Waals surface area contributed by atoms with Crippen molar-refractivity contribution in [1.82, 2.24) is 5.32 Å². The zero-order chi connectivity index (χ0) is 24.1. The summed E-state index contributed by atoms with van der Waals surface area (Å²) in [6, 6.07) is 16.9. The first-order chi connectivity index (χ1) is 16.4. The third-order valence-electron chi connectivity index (χ3n) is 6.03. The molecule has 0 bridgehead atoms. The molecule has 0 aliphatic carbocycles. The van der Waals surface area contributed by atoms with Crippen LogP contribution in [0.15, 0.2) is 60.7 Å². The quantitative estimate of drug-likeness (QED) is 0.447. The highest BCUT2D eigenvalue weighted by Gasteiger charge is 2.20. The Labute approximate surface area is 199 Å². The fraction of sp³-hybridized carbons (Fsp3) is 0.259. The maximum absolute atomic E-state index is 13.2. The van der Waals surface area contributed by atoms with Gasteiger partial charge >= 0.3 is 6.03 Å². The van der Waals surface area contributed by atoms with Gasteiger partial charge in [-0.25, -0.2) is 9.18 Å². The van der Waals surface area contributed by atoms with Crippen molar-refractivity contribution in [2.45, 2.75) is 33.2 Å². The molecule has 1 aliphatic rings. The second-order valence-corrected chi connectivity index (χ2v) is 8.58. The first-order valence-electron chi connectivity index (χ1n) is 11.5. The van der Waals surface area contributed by atoms with Crippen molar-refractivity contribution in [2.24, 2.45) is 0 Å². The van der Waals surface area contributed by atoms with E-state index in [2.05, 4.69) is 20.9 Å². The minimum Gasteiger partial charge on any atom is -0.371 e. The number of amides is 3. The predicted octanol–water partition coefficient (Wildman–Crippen LogP) is 5.62. The van der Waals surface area contributed by atoms with Gasteiger partial charge in [0.05, 0.1) is 5.56 Å². The molecular weight excluding hydrogens is 431 g/mol. The number of halogens is 1. The average Bonchev–Trinajstić information content (AvgIpc) is 3.36. The Morgan fingerprint density at radius 2 is 1.59 bits per heavy atom. The van der Waals surface area contributed by atoms with E-state index in [0.29, 0.717) is 11.3 Å². The molecule has 1 saturated heterocycles. The monoisotopic (exact) mass is 460 g/mol. The van der Waals surface area contributed by atoms with Crippen LogP contribution < -0.4 is 20.9 Å². The summed E-state index contributed by atoms with van der Waals surface area (Å²) in [6.07, 6.45) is 2.16. The van der Waals surface area contributed by atoms with E-state index in [1.165, 1.54) is 12.1 Å². The Kier molecular flexibility index (Phi) is 7.11. The van der Waals surface area contributed by atoms with Crippen molar-refractivity contribution in [3.8, 4) is 0 Å². The topological polar surface area (TPSA) is 73.5 Å². The molecule has 3 amide bonds. The number of carbonyl (C=O) groups excluding carboxylic acids is 2. The zero-order valence-electron chi connectivity index (χ0n) is 19.5. The third kappa shape index (κ3) is 5.54. The van der Waals surface area contributed by atoms with Gasteiger partial charge < -0.3 is 20.9 Å². The van der Waals surface area contributed by atoms with E-state index in [9.17, 15) is 14.0 Å². The van der Waals surface area contributed by atoms with Gasteiger partial charge in [0.2, 0.25) is 0 Å². The molecule has 3 aromatic rings. The minimum atomic E-state index is -0.371. The highest BCUT2D eigenvalue weighted by Crippen LogP contribution is 2.28. The second-order valence-electron chi connectivity index (χ2n) is 8.58. The molecule has 0 aromatic heterocycles. The van der Waals surface area contributed by atoms with E-state index in [0.717, 1.165) is 54.0 Å². The predicted molar refractivity (Wildman–Crippen MR) is 134 cm³/mol. The molecule has 1 aliphatic heterocycles. The standard InChI is InChI=1S/C27H29FN4O2/c1-18-6-5-7-19(2)25(18)31-27(34)30-22-12-13-24(32-14-3-4-15-32)23(16-22)26(33)29-17-20-8-10-21(28)11-9-20/h5-13,16H,3-4,14-15,17H2,1-2H3,(H,29,33)(H2,30,31,34). The first-order valence-corrected chi connectivity index (χ1v) is 11.5. The van der Waals surface area contributed by atoms with Crippen LogP contribution in [-0.2, 0) is 6.54 Å². The normalized spacial score (nSPS) is 13.0. The fourth-order valence-electron chi connectivity index (χ4n) is 4.20. The summed E-state index contributed by atoms with van der Waals surface area (Å²) in [6.45, 7) is 5.94. The summed E-state index contributed by atoms with van der Waals surface area (Å²) < 4.78 is 13.2. The number of hydrogen-bond acceptors (Lipinski definition) is 3. The van der Waals surface area contributed by atoms with Gasteiger partial charge in [-0.1, -0.05) is 30.3 Å². The average molecular weight is 461 g/mol. The van der Waals surface area contributed by atoms with E-state index in [1.54, 1.807) is 18.2 Å². The molecule has 176 valence electrons. The molecule has 1 fully saturated rings. The maximum Gasteiger partial charge on any atom is 0.323 e. The van der Waals surface area contributed by atoms with Crippen LogP contribution in [0.4, 0.5) is 26.2 Å². The molecular formula is C27H29FN4O2. The summed E-state index contributed by atoms with van der Waals surface area (Å²) in [5, 5.41) is 8.67. The molecule has 6 nitrogen and oxygen atoms in total. The number of carbonyl (C=O) groups is 2. The van der Waals surface area contributed by atoms with Crippen LogP contribution in [0.1, 0.15) is 39.9 Å². The van der Waals surface area contributed by atoms with Crippen LogP contribution in [0.25, 0.3) is 0 Å². The Bertz CT molecular complexity index is 1170. The van der Waals surface area contributed by atoms with Crippen molar-refractivity contribution < 1.29 is 14.0 Å². The molecule has 0 spiro atoms. The van der Waals surface area contributed by atoms with Gasteiger partial charge in [0, 0.05) is 36.7 Å². The number of urea groups is 1. The van der Waals surface area contributed by atoms with Gasteiger partial charge in [-0.05, 0) is 73.7 Å². The molecule has 0 radical (unpaired) electrons. The van der Waals surface area contributed by atoms with Crippen LogP contribution in [0.2, 0.25) is 0 Å². The van der Waals surface area contributed by atoms with Crippen LogP contribution in [0.3, 0.4) is 0 Å². The van der Waals surface area contributed by atoms with Crippen molar-refractivity contribution >= 4 is 29.0 Å². The zero-order valence-corrected chi connectivity index (χ0v) is 19.5. The lowest BCUT2D eigenvalue weighted by Crippen LogP contribution is -2.28. The van der Waals surface area contributed by atoms with Crippen molar-refractivity contribution in [3.05, 3.63) is 88.7 Å². The van der Waals surface area contributed by atoms with E-state index < -0.39 is 0 Å². The Morgan fingerprint density at radius 1 is 0.912 bits per heavy atom. The van der Waals surface area contributed by atoms with E-state index in [1.807, 2.05) is 44.2 Å². The molecule has 4 rings (SSSR count). The van der Waals surface area contributed by atoms with Crippen molar-refractivity contribution in [2.75, 3.05) is 28.6 Å². The number of aryl methyl sites for hydroxylation is 2. The summed E-state index contributed by atoms with van der Waals surface area (Å²) in [7, 11) is 0. The third-order valence-corrected chi connectivity index (χ3v) is 6.03. The number of rotatable bonds is 6. The number of hydrogen-bond donors (Lipinski definition) is 3. The molecule has 7 heteroatoms. The smallest absolute Gasteiger partial charge is 0.323 e. The van der Waals surface area contributed by atoms with Crippen LogP contribution >= 0.6 is 0 Å². The van der Waals surface area contributed by atoms with Crippen LogP contribution in [0.5, 0.6) is 0 Å². The van der Waals surface area contributed by atoms with Gasteiger partial charge in [0.15, 0.2) is 0 Å². The van der Waals surface area contributed by atoms with E-state index >= 15 is 0 Å². The molecule has 0 unspecified atom stereocenters. The first kappa shape index (κ1) is 23.3. The maximum atomic E-state index is 13.2. The van der Waals surface area contributed by atoms with Crippen LogP contribution in [0, 0.1) is 19.7 Å². The highest BCUT2D eigenvalue weighted by atomic mass is 19.1. The fourth-order valence-corrected chi connectivity index (χ4v) is 4.20. The van der Waals surface area contributed by atoms with Crippen LogP contribution in [-0.4, -0.2) is 25.0 Å². The Morgan fingerprint density at radius 3 is 2.26 bits per heavy atom. The number of para-hydroxylation sites is 1. The molecule has 3 aromatic carbocycles. The lowest BCUT2D eigenvalue weighted by molar-refractivity contribution is 0.0951. The lowest BCUT2D eigenvalue weighted by atomic mass is 10.1. The molecule has 1 heterocycles. The number of anilines is 3. The van der Waals surface area contributed by atoms with Gasteiger partial charge in [0.1, 0.15) is 5.82 Å². The van der Waals surface area contributed by atoms with Gasteiger partial charge in [0.25, 0.3) is 5.91 Å². The molecule has 3 N–H and O–H groups in total. The Balaban J connectivity index is 1.52. The SMILES string of the molecule is Cc1cccc(C)c1NC(=O)Nc1ccc(N2CCCC2)c(C(=O)NCc2ccc(F)cc2)c1. The van der Waals surface area contributed by atoms with Gasteiger partial charge in [-0.15, -0.1) is 0 Å².